The lowest BCUT2D eigenvalue weighted by molar-refractivity contribution is -0.315. The summed E-state index contributed by atoms with van der Waals surface area (Å²) in [6.07, 6.45) is -11.2. The first-order valence-electron chi connectivity index (χ1n) is 8.79. The van der Waals surface area contributed by atoms with Gasteiger partial charge in [-0.2, -0.15) is 0 Å². The quantitative estimate of drug-likeness (QED) is 0.247. The van der Waals surface area contributed by atoms with Crippen molar-refractivity contribution < 1.29 is 50.0 Å². The number of hydrogen-bond donors (Lipinski definition) is 7. The molecular weight excluding hydrogens is 352 g/mol. The van der Waals surface area contributed by atoms with Crippen molar-refractivity contribution in [1.29, 1.82) is 0 Å². The van der Waals surface area contributed by atoms with E-state index in [0.29, 0.717) is 0 Å². The molecule has 0 aliphatic carbocycles. The fourth-order valence-electron chi connectivity index (χ4n) is 3.40. The maximum atomic E-state index is 10.3. The summed E-state index contributed by atoms with van der Waals surface area (Å²) in [4.78, 5) is 0. The smallest absolute Gasteiger partial charge is 0.161 e. The Labute approximate surface area is 151 Å². The highest BCUT2D eigenvalue weighted by Crippen LogP contribution is 2.32. The number of aliphatic hydroxyl groups excluding tert-OH is 7. The molecule has 2 rings (SSSR count). The minimum atomic E-state index is -1.45. The Morgan fingerprint density at radius 3 is 2.27 bits per heavy atom. The van der Waals surface area contributed by atoms with E-state index in [1.165, 1.54) is 0 Å². The highest BCUT2D eigenvalue weighted by atomic mass is 16.7. The Balaban J connectivity index is 2.09. The van der Waals surface area contributed by atoms with Gasteiger partial charge in [-0.05, 0) is 6.92 Å². The molecule has 2 saturated heterocycles. The molecule has 5 unspecified atom stereocenters. The van der Waals surface area contributed by atoms with E-state index >= 15 is 0 Å². The summed E-state index contributed by atoms with van der Waals surface area (Å²) in [6, 6.07) is 0. The van der Waals surface area contributed by atoms with E-state index < -0.39 is 80.4 Å². The first-order valence-corrected chi connectivity index (χ1v) is 8.79. The zero-order valence-electron chi connectivity index (χ0n) is 14.8. The number of aliphatic hydroxyl groups is 7. The third kappa shape index (κ3) is 4.53. The molecule has 2 aliphatic rings. The van der Waals surface area contributed by atoms with Gasteiger partial charge in [-0.15, -0.1) is 0 Å². The van der Waals surface area contributed by atoms with Crippen molar-refractivity contribution >= 4 is 0 Å². The third-order valence-corrected chi connectivity index (χ3v) is 5.20. The topological polar surface area (TPSA) is 169 Å². The summed E-state index contributed by atoms with van der Waals surface area (Å²) in [7, 11) is 0. The molecule has 154 valence electrons. The van der Waals surface area contributed by atoms with Crippen molar-refractivity contribution in [3.63, 3.8) is 0 Å². The second-order valence-corrected chi connectivity index (χ2v) is 7.08. The van der Waals surface area contributed by atoms with E-state index in [0.717, 1.165) is 0 Å². The molecular formula is C16H30O10. The van der Waals surface area contributed by atoms with Gasteiger partial charge in [0.05, 0.1) is 31.5 Å². The molecule has 26 heavy (non-hydrogen) atoms. The normalized spacial score (nSPS) is 46.7. The lowest BCUT2D eigenvalue weighted by Gasteiger charge is -2.45. The highest BCUT2D eigenvalue weighted by molar-refractivity contribution is 4.93. The van der Waals surface area contributed by atoms with Crippen molar-refractivity contribution in [2.75, 3.05) is 13.2 Å². The molecule has 0 aromatic rings. The molecule has 2 heterocycles. The van der Waals surface area contributed by atoms with Crippen LogP contribution in [0.5, 0.6) is 0 Å². The van der Waals surface area contributed by atoms with E-state index in [4.69, 9.17) is 19.3 Å². The van der Waals surface area contributed by atoms with Crippen LogP contribution in [0.15, 0.2) is 0 Å². The Hall–Kier alpha value is -0.400. The number of ether oxygens (including phenoxy) is 3. The van der Waals surface area contributed by atoms with Crippen LogP contribution in [-0.4, -0.2) is 110 Å². The summed E-state index contributed by atoms with van der Waals surface area (Å²) in [5.41, 5.74) is 0. The predicted molar refractivity (Wildman–Crippen MR) is 85.9 cm³/mol. The van der Waals surface area contributed by atoms with Crippen LogP contribution in [-0.2, 0) is 14.2 Å². The lowest BCUT2D eigenvalue weighted by atomic mass is 9.87. The Morgan fingerprint density at radius 2 is 1.69 bits per heavy atom. The van der Waals surface area contributed by atoms with Crippen LogP contribution in [0.4, 0.5) is 0 Å². The van der Waals surface area contributed by atoms with Crippen LogP contribution in [0, 0.1) is 5.92 Å². The van der Waals surface area contributed by atoms with Crippen molar-refractivity contribution in [1.82, 2.24) is 0 Å². The fraction of sp³-hybridized carbons (Fsp3) is 1.00. The molecule has 0 spiro atoms. The van der Waals surface area contributed by atoms with E-state index in [-0.39, 0.29) is 6.42 Å². The fourth-order valence-corrected chi connectivity index (χ4v) is 3.40. The first-order chi connectivity index (χ1) is 12.2. The maximum Gasteiger partial charge on any atom is 0.161 e. The van der Waals surface area contributed by atoms with Gasteiger partial charge in [-0.1, -0.05) is 6.92 Å². The molecule has 11 atom stereocenters. The SMILES string of the molecule is CC1OC(CO)[C@H](O)[C@H](OC2C[C@@H](O)[C@@H](C)C([C@H](O)[C@H](O)CO)O2)C1O. The standard InChI is InChI=1S/C16H30O10/c1-6-8(19)3-11(25-15(6)13(22)9(20)4-17)26-16-12(21)7(2)24-10(5-18)14(16)23/h6-23H,3-5H2,1-2H3/t6-,7?,8-,9-,10?,11?,12?,13-,14+,15?,16-/m1/s1. The maximum absolute atomic E-state index is 10.3. The van der Waals surface area contributed by atoms with Crippen LogP contribution in [0.1, 0.15) is 20.3 Å². The van der Waals surface area contributed by atoms with Gasteiger partial charge in [-0.3, -0.25) is 0 Å². The van der Waals surface area contributed by atoms with Gasteiger partial charge in [0.1, 0.15) is 36.6 Å². The summed E-state index contributed by atoms with van der Waals surface area (Å²) in [5.74, 6) is -0.542. The molecule has 2 aliphatic heterocycles. The Morgan fingerprint density at radius 1 is 1.04 bits per heavy atom. The average Bonchev–Trinajstić information content (AvgIpc) is 2.63. The van der Waals surface area contributed by atoms with Crippen molar-refractivity contribution in [3.8, 4) is 0 Å². The number of hydrogen-bond acceptors (Lipinski definition) is 10. The molecule has 0 aromatic carbocycles. The van der Waals surface area contributed by atoms with Crippen molar-refractivity contribution in [3.05, 3.63) is 0 Å². The van der Waals surface area contributed by atoms with Gasteiger partial charge < -0.3 is 50.0 Å². The molecule has 0 amide bonds. The van der Waals surface area contributed by atoms with E-state index in [1.807, 2.05) is 0 Å². The van der Waals surface area contributed by atoms with Gasteiger partial charge in [-0.25, -0.2) is 0 Å². The Kier molecular flexibility index (Phi) is 7.74. The van der Waals surface area contributed by atoms with Crippen LogP contribution in [0.2, 0.25) is 0 Å². The van der Waals surface area contributed by atoms with E-state index in [9.17, 15) is 30.6 Å². The van der Waals surface area contributed by atoms with Gasteiger partial charge in [0.25, 0.3) is 0 Å². The molecule has 7 N–H and O–H groups in total. The monoisotopic (exact) mass is 382 g/mol. The van der Waals surface area contributed by atoms with Gasteiger partial charge >= 0.3 is 0 Å². The zero-order chi connectivity index (χ0) is 19.6. The van der Waals surface area contributed by atoms with E-state index in [1.54, 1.807) is 13.8 Å². The van der Waals surface area contributed by atoms with Crippen molar-refractivity contribution in [2.24, 2.45) is 5.92 Å². The second-order valence-electron chi connectivity index (χ2n) is 7.08. The van der Waals surface area contributed by atoms with E-state index in [2.05, 4.69) is 0 Å². The van der Waals surface area contributed by atoms with Gasteiger partial charge in [0.15, 0.2) is 6.29 Å². The van der Waals surface area contributed by atoms with Gasteiger partial charge in [0.2, 0.25) is 0 Å². The molecule has 0 radical (unpaired) electrons. The predicted octanol–water partition coefficient (Wildman–Crippen LogP) is -3.30. The summed E-state index contributed by atoms with van der Waals surface area (Å²) in [5, 5.41) is 68.8. The van der Waals surface area contributed by atoms with Crippen LogP contribution >= 0.6 is 0 Å². The van der Waals surface area contributed by atoms with Crippen LogP contribution in [0.25, 0.3) is 0 Å². The molecule has 2 fully saturated rings. The second kappa shape index (κ2) is 9.20. The molecule has 0 aromatic heterocycles. The highest BCUT2D eigenvalue weighted by Gasteiger charge is 2.47. The van der Waals surface area contributed by atoms with Crippen molar-refractivity contribution in [2.45, 2.75) is 81.5 Å². The minimum Gasteiger partial charge on any atom is -0.394 e. The molecule has 0 bridgehead atoms. The molecule has 10 heteroatoms. The van der Waals surface area contributed by atoms with Gasteiger partial charge in [0, 0.05) is 12.3 Å². The number of rotatable bonds is 6. The average molecular weight is 382 g/mol. The Bertz CT molecular complexity index is 437. The third-order valence-electron chi connectivity index (χ3n) is 5.20. The lowest BCUT2D eigenvalue weighted by Crippen LogP contribution is -2.61. The summed E-state index contributed by atoms with van der Waals surface area (Å²) in [6.45, 7) is 2.05. The largest absolute Gasteiger partial charge is 0.394 e. The van der Waals surface area contributed by atoms with Crippen LogP contribution in [0.3, 0.4) is 0 Å². The molecule has 10 nitrogen and oxygen atoms in total. The summed E-state index contributed by atoms with van der Waals surface area (Å²) >= 11 is 0. The minimum absolute atomic E-state index is 0.0224. The van der Waals surface area contributed by atoms with Crippen LogP contribution < -0.4 is 0 Å². The summed E-state index contributed by atoms with van der Waals surface area (Å²) < 4.78 is 16.6. The zero-order valence-corrected chi connectivity index (χ0v) is 14.8. The first kappa shape index (κ1) is 21.9. The molecule has 0 saturated carbocycles.